The molecule has 1 heterocycles. The highest BCUT2D eigenvalue weighted by molar-refractivity contribution is 9.10. The number of hydrogen-bond donors (Lipinski definition) is 1. The summed E-state index contributed by atoms with van der Waals surface area (Å²) in [6.07, 6.45) is 1.95. The van der Waals surface area contributed by atoms with Crippen LogP contribution in [0.3, 0.4) is 0 Å². The Kier molecular flexibility index (Phi) is 3.71. The van der Waals surface area contributed by atoms with Crippen LogP contribution in [0.5, 0.6) is 0 Å². The van der Waals surface area contributed by atoms with Gasteiger partial charge in [0.1, 0.15) is 5.82 Å². The molecule has 0 fully saturated rings. The van der Waals surface area contributed by atoms with Crippen molar-refractivity contribution in [1.29, 1.82) is 0 Å². The molecule has 1 N–H and O–H groups in total. The maximum Gasteiger partial charge on any atom is 0.207 e. The summed E-state index contributed by atoms with van der Waals surface area (Å²) in [6.45, 7) is 6.04. The van der Waals surface area contributed by atoms with Gasteiger partial charge in [0.25, 0.3) is 0 Å². The van der Waals surface area contributed by atoms with Crippen molar-refractivity contribution < 1.29 is 4.39 Å². The van der Waals surface area contributed by atoms with Crippen molar-refractivity contribution >= 4 is 27.6 Å². The van der Waals surface area contributed by atoms with E-state index in [1.807, 2.05) is 17.7 Å². The zero-order valence-corrected chi connectivity index (χ0v) is 12.1. The molecule has 0 saturated carbocycles. The summed E-state index contributed by atoms with van der Waals surface area (Å²) in [7, 11) is 0. The van der Waals surface area contributed by atoms with Gasteiger partial charge >= 0.3 is 0 Å². The molecular weight excluding hydrogens is 297 g/mol. The Morgan fingerprint density at radius 1 is 1.39 bits per heavy atom. The van der Waals surface area contributed by atoms with E-state index in [-0.39, 0.29) is 11.9 Å². The van der Waals surface area contributed by atoms with E-state index < -0.39 is 0 Å². The lowest BCUT2D eigenvalue weighted by molar-refractivity contribution is 0.604. The maximum absolute atomic E-state index is 13.7. The second-order valence-electron chi connectivity index (χ2n) is 4.46. The molecule has 1 aromatic heterocycles. The summed E-state index contributed by atoms with van der Waals surface area (Å²) >= 11 is 3.33. The lowest BCUT2D eigenvalue weighted by Crippen LogP contribution is -2.06. The Hall–Kier alpha value is -1.36. The third-order valence-corrected chi connectivity index (χ3v) is 3.08. The molecule has 3 nitrogen and oxygen atoms in total. The summed E-state index contributed by atoms with van der Waals surface area (Å²) in [6, 6.07) is 5.05. The molecule has 0 atom stereocenters. The van der Waals surface area contributed by atoms with Crippen LogP contribution >= 0.6 is 15.9 Å². The highest BCUT2D eigenvalue weighted by Gasteiger charge is 2.11. The van der Waals surface area contributed by atoms with Crippen molar-refractivity contribution in [1.82, 2.24) is 9.55 Å². The molecule has 0 saturated heterocycles. The number of aryl methyl sites for hydroxylation is 1. The molecule has 0 aliphatic carbocycles. The van der Waals surface area contributed by atoms with Crippen LogP contribution in [0.15, 0.2) is 28.9 Å². The van der Waals surface area contributed by atoms with Crippen LogP contribution in [-0.4, -0.2) is 9.55 Å². The SMILES string of the molecule is Cc1cn(C(C)C)c(Nc2cc(Br)ccc2F)n1. The van der Waals surface area contributed by atoms with Crippen LogP contribution in [0, 0.1) is 12.7 Å². The molecule has 18 heavy (non-hydrogen) atoms. The zero-order chi connectivity index (χ0) is 13.3. The van der Waals surface area contributed by atoms with E-state index in [2.05, 4.69) is 40.1 Å². The molecule has 1 aromatic carbocycles. The Bertz CT molecular complexity index is 563. The van der Waals surface area contributed by atoms with Crippen molar-refractivity contribution in [2.24, 2.45) is 0 Å². The van der Waals surface area contributed by atoms with Crippen LogP contribution in [0.1, 0.15) is 25.6 Å². The van der Waals surface area contributed by atoms with Gasteiger partial charge < -0.3 is 9.88 Å². The number of benzene rings is 1. The smallest absolute Gasteiger partial charge is 0.207 e. The second kappa shape index (κ2) is 5.10. The molecule has 0 unspecified atom stereocenters. The van der Waals surface area contributed by atoms with Crippen LogP contribution in [-0.2, 0) is 0 Å². The predicted molar refractivity (Wildman–Crippen MR) is 74.7 cm³/mol. The van der Waals surface area contributed by atoms with Crippen molar-refractivity contribution in [3.8, 4) is 0 Å². The third kappa shape index (κ3) is 2.72. The average Bonchev–Trinajstić information content (AvgIpc) is 2.65. The Morgan fingerprint density at radius 3 is 2.78 bits per heavy atom. The normalized spacial score (nSPS) is 11.0. The van der Waals surface area contributed by atoms with Crippen molar-refractivity contribution in [2.75, 3.05) is 5.32 Å². The minimum Gasteiger partial charge on any atom is -0.323 e. The summed E-state index contributed by atoms with van der Waals surface area (Å²) in [5.41, 5.74) is 1.32. The summed E-state index contributed by atoms with van der Waals surface area (Å²) in [5, 5.41) is 3.03. The number of aromatic nitrogens is 2. The Morgan fingerprint density at radius 2 is 2.11 bits per heavy atom. The van der Waals surface area contributed by atoms with Crippen molar-refractivity contribution in [2.45, 2.75) is 26.8 Å². The predicted octanol–water partition coefficient (Wildman–Crippen LogP) is 4.42. The van der Waals surface area contributed by atoms with E-state index >= 15 is 0 Å². The number of nitrogens with zero attached hydrogens (tertiary/aromatic N) is 2. The first-order valence-electron chi connectivity index (χ1n) is 5.75. The van der Waals surface area contributed by atoms with Gasteiger partial charge in [-0.25, -0.2) is 9.37 Å². The quantitative estimate of drug-likeness (QED) is 0.909. The fourth-order valence-corrected chi connectivity index (χ4v) is 2.08. The van der Waals surface area contributed by atoms with Gasteiger partial charge in [0, 0.05) is 16.7 Å². The summed E-state index contributed by atoms with van der Waals surface area (Å²) in [4.78, 5) is 4.37. The molecule has 0 bridgehead atoms. The summed E-state index contributed by atoms with van der Waals surface area (Å²) < 4.78 is 16.5. The zero-order valence-electron chi connectivity index (χ0n) is 10.5. The van der Waals surface area contributed by atoms with E-state index in [0.717, 1.165) is 10.2 Å². The average molecular weight is 312 g/mol. The van der Waals surface area contributed by atoms with Gasteiger partial charge in [-0.2, -0.15) is 0 Å². The molecule has 2 rings (SSSR count). The first kappa shape index (κ1) is 13.1. The van der Waals surface area contributed by atoms with Crippen LogP contribution in [0.25, 0.3) is 0 Å². The van der Waals surface area contributed by atoms with E-state index in [1.165, 1.54) is 6.07 Å². The van der Waals surface area contributed by atoms with Crippen LogP contribution in [0.4, 0.5) is 16.0 Å². The highest BCUT2D eigenvalue weighted by Crippen LogP contribution is 2.25. The third-order valence-electron chi connectivity index (χ3n) is 2.58. The van der Waals surface area contributed by atoms with E-state index in [0.29, 0.717) is 11.6 Å². The fourth-order valence-electron chi connectivity index (χ4n) is 1.72. The lowest BCUT2D eigenvalue weighted by Gasteiger charge is -2.13. The Labute approximate surface area is 114 Å². The van der Waals surface area contributed by atoms with Gasteiger partial charge in [-0.15, -0.1) is 0 Å². The number of rotatable bonds is 3. The molecule has 0 spiro atoms. The maximum atomic E-state index is 13.7. The topological polar surface area (TPSA) is 29.9 Å². The first-order chi connectivity index (χ1) is 8.47. The molecule has 2 aromatic rings. The van der Waals surface area contributed by atoms with Gasteiger partial charge in [-0.3, -0.25) is 0 Å². The summed E-state index contributed by atoms with van der Waals surface area (Å²) in [5.74, 6) is 0.355. The van der Waals surface area contributed by atoms with Crippen LogP contribution in [0.2, 0.25) is 0 Å². The molecular formula is C13H15BrFN3. The number of halogens is 2. The van der Waals surface area contributed by atoms with Crippen LogP contribution < -0.4 is 5.32 Å². The molecule has 0 aliphatic heterocycles. The number of imidazole rings is 1. The molecule has 0 aliphatic rings. The van der Waals surface area contributed by atoms with Crippen molar-refractivity contribution in [3.63, 3.8) is 0 Å². The highest BCUT2D eigenvalue weighted by atomic mass is 79.9. The van der Waals surface area contributed by atoms with E-state index in [4.69, 9.17) is 0 Å². The molecule has 0 amide bonds. The number of nitrogens with one attached hydrogen (secondary N) is 1. The van der Waals surface area contributed by atoms with Gasteiger partial charge in [-0.1, -0.05) is 15.9 Å². The standard InChI is InChI=1S/C13H15BrFN3/c1-8(2)18-7-9(3)16-13(18)17-12-6-10(14)4-5-11(12)15/h4-8H,1-3H3,(H,16,17). The molecule has 0 radical (unpaired) electrons. The lowest BCUT2D eigenvalue weighted by atomic mass is 10.3. The number of anilines is 2. The van der Waals surface area contributed by atoms with Gasteiger partial charge in [0.05, 0.1) is 11.4 Å². The Balaban J connectivity index is 2.36. The van der Waals surface area contributed by atoms with Gasteiger partial charge in [0.15, 0.2) is 0 Å². The van der Waals surface area contributed by atoms with Crippen molar-refractivity contribution in [3.05, 3.63) is 40.4 Å². The van der Waals surface area contributed by atoms with Gasteiger partial charge in [-0.05, 0) is 39.0 Å². The monoisotopic (exact) mass is 311 g/mol. The minimum absolute atomic E-state index is 0.268. The van der Waals surface area contributed by atoms with E-state index in [1.54, 1.807) is 12.1 Å². The van der Waals surface area contributed by atoms with Gasteiger partial charge in [0.2, 0.25) is 5.95 Å². The largest absolute Gasteiger partial charge is 0.323 e. The fraction of sp³-hybridized carbons (Fsp3) is 0.308. The number of hydrogen-bond acceptors (Lipinski definition) is 2. The van der Waals surface area contributed by atoms with E-state index in [9.17, 15) is 4.39 Å². The minimum atomic E-state index is -0.297. The second-order valence-corrected chi connectivity index (χ2v) is 5.37. The molecule has 96 valence electrons. The molecule has 5 heteroatoms. The first-order valence-corrected chi connectivity index (χ1v) is 6.54.